The van der Waals surface area contributed by atoms with Crippen LogP contribution in [0.4, 0.5) is 13.2 Å². The SMILES string of the molecule is O=c1c(-c2nccs2)c(Cl)c2ccc(C(F)(F)F)nc2n1-c1ccccc1. The lowest BCUT2D eigenvalue weighted by Gasteiger charge is -2.15. The monoisotopic (exact) mass is 407 g/mol. The highest BCUT2D eigenvalue weighted by Crippen LogP contribution is 2.35. The van der Waals surface area contributed by atoms with E-state index in [1.54, 1.807) is 35.7 Å². The Hall–Kier alpha value is -2.71. The van der Waals surface area contributed by atoms with Gasteiger partial charge in [-0.05, 0) is 24.3 Å². The maximum atomic E-state index is 13.2. The smallest absolute Gasteiger partial charge is 0.268 e. The number of fused-ring (bicyclic) bond motifs is 1. The molecule has 0 saturated carbocycles. The topological polar surface area (TPSA) is 47.8 Å². The molecule has 3 heterocycles. The van der Waals surface area contributed by atoms with E-state index in [-0.39, 0.29) is 21.6 Å². The Morgan fingerprint density at radius 3 is 2.44 bits per heavy atom. The lowest BCUT2D eigenvalue weighted by molar-refractivity contribution is -0.141. The van der Waals surface area contributed by atoms with E-state index in [1.807, 2.05) is 0 Å². The number of nitrogens with zero attached hydrogens (tertiary/aromatic N) is 3. The molecule has 0 atom stereocenters. The van der Waals surface area contributed by atoms with Crippen molar-refractivity contribution in [3.63, 3.8) is 0 Å². The molecular formula is C18H9ClF3N3OS. The van der Waals surface area contributed by atoms with E-state index in [2.05, 4.69) is 9.97 Å². The molecule has 0 amide bonds. The Morgan fingerprint density at radius 1 is 1.07 bits per heavy atom. The van der Waals surface area contributed by atoms with Crippen LogP contribution in [0.25, 0.3) is 27.3 Å². The van der Waals surface area contributed by atoms with Crippen LogP contribution < -0.4 is 5.56 Å². The quantitative estimate of drug-likeness (QED) is 0.460. The van der Waals surface area contributed by atoms with Gasteiger partial charge < -0.3 is 0 Å². The second-order valence-corrected chi connectivity index (χ2v) is 6.84. The Bertz CT molecular complexity index is 1190. The number of hydrogen-bond donors (Lipinski definition) is 0. The van der Waals surface area contributed by atoms with Crippen molar-refractivity contribution < 1.29 is 13.2 Å². The van der Waals surface area contributed by atoms with E-state index in [0.717, 1.165) is 10.6 Å². The average molecular weight is 408 g/mol. The van der Waals surface area contributed by atoms with Crippen LogP contribution in [0.5, 0.6) is 0 Å². The Kier molecular flexibility index (Phi) is 4.24. The summed E-state index contributed by atoms with van der Waals surface area (Å²) in [5, 5.41) is 2.33. The molecule has 0 spiro atoms. The molecule has 3 aromatic heterocycles. The molecule has 0 radical (unpaired) electrons. The van der Waals surface area contributed by atoms with Gasteiger partial charge in [0.25, 0.3) is 5.56 Å². The number of aromatic nitrogens is 3. The van der Waals surface area contributed by atoms with Crippen LogP contribution in [-0.2, 0) is 6.18 Å². The van der Waals surface area contributed by atoms with Crippen molar-refractivity contribution >= 4 is 34.0 Å². The van der Waals surface area contributed by atoms with Crippen LogP contribution in [0, 0.1) is 0 Å². The van der Waals surface area contributed by atoms with Crippen LogP contribution in [0.2, 0.25) is 5.02 Å². The summed E-state index contributed by atoms with van der Waals surface area (Å²) in [4.78, 5) is 21.0. The molecule has 4 aromatic rings. The molecule has 4 rings (SSSR count). The van der Waals surface area contributed by atoms with Crippen molar-refractivity contribution in [3.05, 3.63) is 75.1 Å². The number of rotatable bonds is 2. The number of thiazole rings is 1. The molecule has 0 saturated heterocycles. The van der Waals surface area contributed by atoms with Crippen LogP contribution in [0.1, 0.15) is 5.69 Å². The summed E-state index contributed by atoms with van der Waals surface area (Å²) in [6.45, 7) is 0. The molecule has 0 aliphatic carbocycles. The summed E-state index contributed by atoms with van der Waals surface area (Å²) in [6, 6.07) is 10.4. The number of pyridine rings is 2. The number of alkyl halides is 3. The van der Waals surface area contributed by atoms with Crippen LogP contribution in [0.3, 0.4) is 0 Å². The summed E-state index contributed by atoms with van der Waals surface area (Å²) in [6.07, 6.45) is -3.12. The molecule has 0 aliphatic rings. The van der Waals surface area contributed by atoms with Crippen LogP contribution in [0.15, 0.2) is 58.8 Å². The molecular weight excluding hydrogens is 399 g/mol. The fourth-order valence-corrected chi connectivity index (χ4v) is 3.79. The first-order chi connectivity index (χ1) is 12.9. The fraction of sp³-hybridized carbons (Fsp3) is 0.0556. The lowest BCUT2D eigenvalue weighted by Crippen LogP contribution is -2.23. The molecule has 0 N–H and O–H groups in total. The Morgan fingerprint density at radius 2 is 1.81 bits per heavy atom. The summed E-state index contributed by atoms with van der Waals surface area (Å²) in [5.41, 5.74) is -1.33. The van der Waals surface area contributed by atoms with Gasteiger partial charge in [0.1, 0.15) is 16.3 Å². The van der Waals surface area contributed by atoms with Gasteiger partial charge in [-0.15, -0.1) is 11.3 Å². The lowest BCUT2D eigenvalue weighted by atomic mass is 10.1. The zero-order chi connectivity index (χ0) is 19.2. The summed E-state index contributed by atoms with van der Waals surface area (Å²) >= 11 is 7.61. The minimum atomic E-state index is -4.65. The summed E-state index contributed by atoms with van der Waals surface area (Å²) < 4.78 is 40.6. The number of halogens is 4. The second-order valence-electron chi connectivity index (χ2n) is 5.57. The zero-order valence-electron chi connectivity index (χ0n) is 13.4. The minimum Gasteiger partial charge on any atom is -0.268 e. The predicted molar refractivity (Wildman–Crippen MR) is 98.5 cm³/mol. The zero-order valence-corrected chi connectivity index (χ0v) is 14.9. The predicted octanol–water partition coefficient (Wildman–Crippen LogP) is 5.18. The van der Waals surface area contributed by atoms with Crippen molar-refractivity contribution in [1.29, 1.82) is 0 Å². The first-order valence-corrected chi connectivity index (χ1v) is 8.91. The van der Waals surface area contributed by atoms with Crippen LogP contribution in [-0.4, -0.2) is 14.5 Å². The van der Waals surface area contributed by atoms with Gasteiger partial charge in [0, 0.05) is 17.0 Å². The minimum absolute atomic E-state index is 0.0263. The molecule has 0 aliphatic heterocycles. The van der Waals surface area contributed by atoms with Gasteiger partial charge in [-0.1, -0.05) is 29.8 Å². The van der Waals surface area contributed by atoms with Crippen molar-refractivity contribution in [2.24, 2.45) is 0 Å². The van der Waals surface area contributed by atoms with Crippen molar-refractivity contribution in [1.82, 2.24) is 14.5 Å². The fourth-order valence-electron chi connectivity index (χ4n) is 2.73. The molecule has 27 heavy (non-hydrogen) atoms. The van der Waals surface area contributed by atoms with Gasteiger partial charge >= 0.3 is 6.18 Å². The van der Waals surface area contributed by atoms with Gasteiger partial charge in [-0.2, -0.15) is 13.2 Å². The molecule has 9 heteroatoms. The molecule has 0 fully saturated rings. The van der Waals surface area contributed by atoms with E-state index in [0.29, 0.717) is 10.7 Å². The third kappa shape index (κ3) is 3.00. The van der Waals surface area contributed by atoms with Gasteiger partial charge in [-0.3, -0.25) is 9.36 Å². The molecule has 1 aromatic carbocycles. The highest BCUT2D eigenvalue weighted by Gasteiger charge is 2.33. The molecule has 4 nitrogen and oxygen atoms in total. The van der Waals surface area contributed by atoms with Gasteiger partial charge in [0.2, 0.25) is 0 Å². The van der Waals surface area contributed by atoms with Crippen LogP contribution >= 0.6 is 22.9 Å². The average Bonchev–Trinajstić information content (AvgIpc) is 3.16. The Labute approximate surface area is 159 Å². The van der Waals surface area contributed by atoms with E-state index >= 15 is 0 Å². The normalized spacial score (nSPS) is 11.9. The second kappa shape index (κ2) is 6.47. The number of benzene rings is 1. The van der Waals surface area contributed by atoms with E-state index in [4.69, 9.17) is 11.6 Å². The highest BCUT2D eigenvalue weighted by molar-refractivity contribution is 7.13. The van der Waals surface area contributed by atoms with E-state index in [9.17, 15) is 18.0 Å². The summed E-state index contributed by atoms with van der Waals surface area (Å²) in [5.74, 6) is 0. The standard InChI is InChI=1S/C18H9ClF3N3OS/c19-14-11-6-7-12(18(20,21)22)24-15(11)25(10-4-2-1-3-5-10)17(26)13(14)16-23-8-9-27-16/h1-9H. The molecule has 0 unspecified atom stereocenters. The third-order valence-corrected chi connectivity index (χ3v) is 5.09. The highest BCUT2D eigenvalue weighted by atomic mass is 35.5. The Balaban J connectivity index is 2.17. The molecule has 0 bridgehead atoms. The largest absolute Gasteiger partial charge is 0.433 e. The van der Waals surface area contributed by atoms with Crippen molar-refractivity contribution in [2.45, 2.75) is 6.18 Å². The van der Waals surface area contributed by atoms with E-state index in [1.165, 1.54) is 23.6 Å². The van der Waals surface area contributed by atoms with Crippen molar-refractivity contribution in [2.75, 3.05) is 0 Å². The first-order valence-electron chi connectivity index (χ1n) is 7.65. The van der Waals surface area contributed by atoms with Gasteiger partial charge in [-0.25, -0.2) is 9.97 Å². The van der Waals surface area contributed by atoms with Crippen molar-refractivity contribution in [3.8, 4) is 16.3 Å². The maximum absolute atomic E-state index is 13.2. The van der Waals surface area contributed by atoms with Gasteiger partial charge in [0.15, 0.2) is 0 Å². The maximum Gasteiger partial charge on any atom is 0.433 e. The number of hydrogen-bond acceptors (Lipinski definition) is 4. The summed E-state index contributed by atoms with van der Waals surface area (Å²) in [7, 11) is 0. The first kappa shape index (κ1) is 17.7. The molecule has 136 valence electrons. The third-order valence-electron chi connectivity index (χ3n) is 3.91. The number of para-hydroxylation sites is 1. The van der Waals surface area contributed by atoms with E-state index < -0.39 is 17.4 Å². The van der Waals surface area contributed by atoms with Gasteiger partial charge in [0.05, 0.1) is 16.3 Å².